The third-order valence-corrected chi connectivity index (χ3v) is 2.88. The van der Waals surface area contributed by atoms with Crippen LogP contribution in [0.15, 0.2) is 36.5 Å². The molecule has 0 amide bonds. The van der Waals surface area contributed by atoms with E-state index in [0.29, 0.717) is 11.3 Å². The second-order valence-electron chi connectivity index (χ2n) is 4.72. The minimum absolute atomic E-state index is 0.221. The van der Waals surface area contributed by atoms with Crippen molar-refractivity contribution >= 4 is 0 Å². The average Bonchev–Trinajstić information content (AvgIpc) is 2.45. The summed E-state index contributed by atoms with van der Waals surface area (Å²) >= 11 is 0. The number of aromatic hydroxyl groups is 1. The van der Waals surface area contributed by atoms with Crippen LogP contribution >= 0.6 is 0 Å². The highest BCUT2D eigenvalue weighted by Gasteiger charge is 2.06. The van der Waals surface area contributed by atoms with Crippen molar-refractivity contribution in [3.63, 3.8) is 0 Å². The van der Waals surface area contributed by atoms with Gasteiger partial charge >= 0.3 is 0 Å². The summed E-state index contributed by atoms with van der Waals surface area (Å²) in [7, 11) is 0. The van der Waals surface area contributed by atoms with Gasteiger partial charge in [-0.25, -0.2) is 4.98 Å². The van der Waals surface area contributed by atoms with Crippen LogP contribution in [-0.4, -0.2) is 10.1 Å². The van der Waals surface area contributed by atoms with Crippen LogP contribution in [0.3, 0.4) is 0 Å². The molecule has 2 aromatic rings. The van der Waals surface area contributed by atoms with Gasteiger partial charge in [0.2, 0.25) is 0 Å². The minimum atomic E-state index is 0.221. The molecule has 0 saturated heterocycles. The van der Waals surface area contributed by atoms with Crippen molar-refractivity contribution in [1.29, 1.82) is 5.26 Å². The van der Waals surface area contributed by atoms with Crippen molar-refractivity contribution in [2.75, 3.05) is 0 Å². The number of benzene rings is 1. The molecule has 0 bridgehead atoms. The molecular formula is C17H14N2O. The lowest BCUT2D eigenvalue weighted by Crippen LogP contribution is -1.92. The van der Waals surface area contributed by atoms with E-state index in [9.17, 15) is 5.11 Å². The molecule has 0 radical (unpaired) electrons. The maximum atomic E-state index is 9.88. The number of nitrogens with zero attached hydrogens (tertiary/aromatic N) is 2. The molecule has 0 aliphatic carbocycles. The van der Waals surface area contributed by atoms with Gasteiger partial charge in [0.25, 0.3) is 0 Å². The molecule has 1 aromatic carbocycles. The summed E-state index contributed by atoms with van der Waals surface area (Å²) in [5.74, 6) is 6.30. The molecule has 0 aliphatic rings. The van der Waals surface area contributed by atoms with E-state index in [1.54, 1.807) is 36.5 Å². The predicted molar refractivity (Wildman–Crippen MR) is 77.1 cm³/mol. The Balaban J connectivity index is 2.24. The Bertz CT molecular complexity index is 713. The van der Waals surface area contributed by atoms with Crippen molar-refractivity contribution in [2.45, 2.75) is 19.8 Å². The summed E-state index contributed by atoms with van der Waals surface area (Å²) in [6, 6.07) is 10.6. The first-order chi connectivity index (χ1) is 9.60. The maximum Gasteiger partial charge on any atom is 0.123 e. The molecule has 1 heterocycles. The highest BCUT2D eigenvalue weighted by molar-refractivity contribution is 5.45. The third kappa shape index (κ3) is 3.16. The lowest BCUT2D eigenvalue weighted by molar-refractivity contribution is 0.463. The van der Waals surface area contributed by atoms with Gasteiger partial charge in [0, 0.05) is 23.4 Å². The van der Waals surface area contributed by atoms with E-state index in [1.807, 2.05) is 13.8 Å². The summed E-state index contributed by atoms with van der Waals surface area (Å²) in [5, 5.41) is 18.6. The standard InChI is InChI=1S/C17H14N2O/c1-12(2)16-11-19-15(9-17(16)20)8-7-13-3-5-14(10-18)6-4-13/h3-6,9,11-12H,1-2H3,(H,19,20). The number of hydrogen-bond donors (Lipinski definition) is 1. The van der Waals surface area contributed by atoms with Crippen LogP contribution in [0.25, 0.3) is 0 Å². The molecule has 0 unspecified atom stereocenters. The lowest BCUT2D eigenvalue weighted by Gasteiger charge is -2.06. The summed E-state index contributed by atoms with van der Waals surface area (Å²) in [4.78, 5) is 4.22. The van der Waals surface area contributed by atoms with Crippen molar-refractivity contribution in [1.82, 2.24) is 4.98 Å². The van der Waals surface area contributed by atoms with Crippen LogP contribution in [0.1, 0.15) is 42.1 Å². The second-order valence-corrected chi connectivity index (χ2v) is 4.72. The van der Waals surface area contributed by atoms with Gasteiger partial charge in [0.15, 0.2) is 0 Å². The number of nitriles is 1. The molecule has 0 atom stereocenters. The molecule has 0 aliphatic heterocycles. The van der Waals surface area contributed by atoms with Crippen LogP contribution in [0, 0.1) is 23.2 Å². The van der Waals surface area contributed by atoms with Crippen molar-refractivity contribution in [3.05, 3.63) is 58.9 Å². The van der Waals surface area contributed by atoms with E-state index in [-0.39, 0.29) is 11.7 Å². The summed E-state index contributed by atoms with van der Waals surface area (Å²) in [6.45, 7) is 4.00. The van der Waals surface area contributed by atoms with Gasteiger partial charge < -0.3 is 5.11 Å². The smallest absolute Gasteiger partial charge is 0.123 e. The number of rotatable bonds is 1. The SMILES string of the molecule is CC(C)c1cnc(C#Cc2ccc(C#N)cc2)cc1O. The van der Waals surface area contributed by atoms with E-state index in [0.717, 1.165) is 11.1 Å². The molecule has 2 rings (SSSR count). The molecule has 0 saturated carbocycles. The predicted octanol–water partition coefficient (Wildman–Crippen LogP) is 3.18. The molecular weight excluding hydrogens is 248 g/mol. The summed E-state index contributed by atoms with van der Waals surface area (Å²) in [6.07, 6.45) is 1.66. The highest BCUT2D eigenvalue weighted by Crippen LogP contribution is 2.24. The number of pyridine rings is 1. The van der Waals surface area contributed by atoms with E-state index in [4.69, 9.17) is 5.26 Å². The lowest BCUT2D eigenvalue weighted by atomic mass is 10.0. The van der Waals surface area contributed by atoms with Crippen LogP contribution in [0.5, 0.6) is 5.75 Å². The first-order valence-corrected chi connectivity index (χ1v) is 6.31. The zero-order chi connectivity index (χ0) is 14.5. The van der Waals surface area contributed by atoms with E-state index in [1.165, 1.54) is 0 Å². The van der Waals surface area contributed by atoms with Crippen LogP contribution in [0.4, 0.5) is 0 Å². The van der Waals surface area contributed by atoms with E-state index in [2.05, 4.69) is 22.9 Å². The minimum Gasteiger partial charge on any atom is -0.507 e. The Hall–Kier alpha value is -2.78. The fraction of sp³-hybridized carbons (Fsp3) is 0.176. The fourth-order valence-corrected chi connectivity index (χ4v) is 1.73. The van der Waals surface area contributed by atoms with Crippen LogP contribution < -0.4 is 0 Å². The first-order valence-electron chi connectivity index (χ1n) is 6.31. The zero-order valence-corrected chi connectivity index (χ0v) is 11.4. The first kappa shape index (κ1) is 13.6. The number of hydrogen-bond acceptors (Lipinski definition) is 3. The fourth-order valence-electron chi connectivity index (χ4n) is 1.73. The summed E-state index contributed by atoms with van der Waals surface area (Å²) in [5.41, 5.74) is 2.75. The van der Waals surface area contributed by atoms with E-state index >= 15 is 0 Å². The monoisotopic (exact) mass is 262 g/mol. The average molecular weight is 262 g/mol. The van der Waals surface area contributed by atoms with Gasteiger partial charge in [-0.05, 0) is 36.1 Å². The molecule has 0 fully saturated rings. The zero-order valence-electron chi connectivity index (χ0n) is 11.4. The molecule has 20 heavy (non-hydrogen) atoms. The van der Waals surface area contributed by atoms with Crippen molar-refractivity contribution < 1.29 is 5.11 Å². The molecule has 1 N–H and O–H groups in total. The second kappa shape index (κ2) is 5.91. The Kier molecular flexibility index (Phi) is 4.03. The molecule has 1 aromatic heterocycles. The third-order valence-electron chi connectivity index (χ3n) is 2.88. The Morgan fingerprint density at radius 2 is 1.75 bits per heavy atom. The quantitative estimate of drug-likeness (QED) is 0.803. The Morgan fingerprint density at radius 1 is 1.10 bits per heavy atom. The Morgan fingerprint density at radius 3 is 2.30 bits per heavy atom. The number of aromatic nitrogens is 1. The van der Waals surface area contributed by atoms with Gasteiger partial charge in [-0.3, -0.25) is 0 Å². The topological polar surface area (TPSA) is 56.9 Å². The molecule has 3 nitrogen and oxygen atoms in total. The molecule has 0 spiro atoms. The maximum absolute atomic E-state index is 9.88. The van der Waals surface area contributed by atoms with Crippen LogP contribution in [0.2, 0.25) is 0 Å². The van der Waals surface area contributed by atoms with Gasteiger partial charge in [-0.15, -0.1) is 0 Å². The molecule has 98 valence electrons. The van der Waals surface area contributed by atoms with Gasteiger partial charge in [-0.2, -0.15) is 5.26 Å². The van der Waals surface area contributed by atoms with Gasteiger partial charge in [0.05, 0.1) is 11.6 Å². The largest absolute Gasteiger partial charge is 0.507 e. The normalized spacial score (nSPS) is 9.70. The summed E-state index contributed by atoms with van der Waals surface area (Å²) < 4.78 is 0. The van der Waals surface area contributed by atoms with Crippen molar-refractivity contribution in [3.8, 4) is 23.7 Å². The molecule has 3 heteroatoms. The highest BCUT2D eigenvalue weighted by atomic mass is 16.3. The van der Waals surface area contributed by atoms with E-state index < -0.39 is 0 Å². The Labute approximate surface area is 118 Å². The van der Waals surface area contributed by atoms with Gasteiger partial charge in [0.1, 0.15) is 11.4 Å². The van der Waals surface area contributed by atoms with Crippen molar-refractivity contribution in [2.24, 2.45) is 0 Å². The van der Waals surface area contributed by atoms with Gasteiger partial charge in [-0.1, -0.05) is 19.8 Å². The van der Waals surface area contributed by atoms with Crippen LogP contribution in [-0.2, 0) is 0 Å².